The Balaban J connectivity index is 1.84. The quantitative estimate of drug-likeness (QED) is 0.525. The molecule has 0 N–H and O–H groups in total. The lowest BCUT2D eigenvalue weighted by atomic mass is 9.56. The topological polar surface area (TPSA) is 46.7 Å². The monoisotopic (exact) mass is 252 g/mol. The molecule has 0 amide bonds. The summed E-state index contributed by atoms with van der Waals surface area (Å²) in [5, 5.41) is 0. The van der Waals surface area contributed by atoms with Gasteiger partial charge in [-0.15, -0.1) is 0 Å². The highest BCUT2D eigenvalue weighted by Crippen LogP contribution is 2.69. The van der Waals surface area contributed by atoms with Gasteiger partial charge in [0.05, 0.1) is 0 Å². The third-order valence-corrected chi connectivity index (χ3v) is 5.33. The number of carbonyl (C=O) groups excluding carboxylic acids is 2. The van der Waals surface area contributed by atoms with Crippen LogP contribution >= 0.6 is 0 Å². The van der Waals surface area contributed by atoms with Crippen molar-refractivity contribution in [3.63, 3.8) is 0 Å². The number of carbonyl (C=O) groups is 2. The molecule has 1 heterocycles. The molecule has 2 bridgehead atoms. The summed E-state index contributed by atoms with van der Waals surface area (Å²) in [6, 6.07) is 7.13. The lowest BCUT2D eigenvalue weighted by Crippen LogP contribution is -2.56. The first-order valence-corrected chi connectivity index (χ1v) is 6.79. The van der Waals surface area contributed by atoms with Gasteiger partial charge < -0.3 is 4.74 Å². The molecule has 0 radical (unpaired) electrons. The minimum Gasteiger partial charge on any atom is -0.344 e. The average molecular weight is 252 g/mol. The van der Waals surface area contributed by atoms with Crippen molar-refractivity contribution in [2.24, 2.45) is 11.8 Å². The Hall–Kier alpha value is -1.74. The van der Waals surface area contributed by atoms with Crippen molar-refractivity contribution in [2.45, 2.75) is 24.0 Å². The number of ketones is 2. The summed E-state index contributed by atoms with van der Waals surface area (Å²) < 4.78 is 5.95. The van der Waals surface area contributed by atoms with Crippen LogP contribution in [0.4, 0.5) is 0 Å². The van der Waals surface area contributed by atoms with E-state index in [-0.39, 0.29) is 23.4 Å². The van der Waals surface area contributed by atoms with Gasteiger partial charge in [-0.05, 0) is 12.8 Å². The molecule has 0 spiro atoms. The highest BCUT2D eigenvalue weighted by Gasteiger charge is 2.86. The Labute approximate surface area is 110 Å². The van der Waals surface area contributed by atoms with E-state index in [2.05, 4.69) is 12.2 Å². The van der Waals surface area contributed by atoms with Crippen LogP contribution in [0.2, 0.25) is 0 Å². The SMILES string of the molecule is O=C1c2ccccc2C(=O)C23OC12C1C=CC3CC1. The third-order valence-electron chi connectivity index (χ3n) is 5.33. The summed E-state index contributed by atoms with van der Waals surface area (Å²) in [4.78, 5) is 25.7. The Morgan fingerprint density at radius 2 is 1.37 bits per heavy atom. The fourth-order valence-electron chi connectivity index (χ4n) is 4.47. The summed E-state index contributed by atoms with van der Waals surface area (Å²) in [5.41, 5.74) is -0.644. The first kappa shape index (κ1) is 10.1. The Morgan fingerprint density at radius 3 is 1.79 bits per heavy atom. The first-order chi connectivity index (χ1) is 9.22. The van der Waals surface area contributed by atoms with Crippen molar-refractivity contribution in [3.05, 3.63) is 47.5 Å². The second-order valence-electron chi connectivity index (χ2n) is 5.95. The normalized spacial score (nSPS) is 44.6. The Bertz CT molecular complexity index is 632. The van der Waals surface area contributed by atoms with Gasteiger partial charge in [0.2, 0.25) is 0 Å². The van der Waals surface area contributed by atoms with Gasteiger partial charge >= 0.3 is 0 Å². The van der Waals surface area contributed by atoms with E-state index in [0.29, 0.717) is 11.1 Å². The predicted octanol–water partition coefficient (Wildman–Crippen LogP) is 2.17. The van der Waals surface area contributed by atoms with Crippen molar-refractivity contribution in [1.29, 1.82) is 0 Å². The van der Waals surface area contributed by atoms with Gasteiger partial charge in [-0.1, -0.05) is 36.4 Å². The number of Topliss-reactive ketones (excluding diaryl/α,β-unsaturated/α-hetero) is 2. The smallest absolute Gasteiger partial charge is 0.199 e. The van der Waals surface area contributed by atoms with E-state index in [1.807, 2.05) is 12.1 Å². The standard InChI is InChI=1S/C16H12O3/c17-13-11-3-1-2-4-12(11)14(18)16-10-7-5-9(6-8-10)15(13,16)19-16/h1-5,7,9-10H,6,8H2. The number of rotatable bonds is 0. The lowest BCUT2D eigenvalue weighted by Gasteiger charge is -2.40. The first-order valence-electron chi connectivity index (χ1n) is 6.79. The second-order valence-corrected chi connectivity index (χ2v) is 5.95. The van der Waals surface area contributed by atoms with Gasteiger partial charge in [0.15, 0.2) is 22.8 Å². The van der Waals surface area contributed by atoms with Crippen LogP contribution < -0.4 is 0 Å². The molecule has 1 saturated carbocycles. The number of fused-ring (bicyclic) bond motifs is 2. The maximum atomic E-state index is 12.8. The van der Waals surface area contributed by atoms with E-state index in [1.54, 1.807) is 12.1 Å². The predicted molar refractivity (Wildman–Crippen MR) is 67.0 cm³/mol. The fraction of sp³-hybridized carbons (Fsp3) is 0.375. The van der Waals surface area contributed by atoms with Crippen LogP contribution in [-0.4, -0.2) is 22.8 Å². The van der Waals surface area contributed by atoms with Gasteiger partial charge in [-0.25, -0.2) is 0 Å². The van der Waals surface area contributed by atoms with E-state index in [1.165, 1.54) is 0 Å². The van der Waals surface area contributed by atoms with Crippen LogP contribution in [-0.2, 0) is 4.74 Å². The second kappa shape index (κ2) is 2.73. The molecule has 4 aliphatic carbocycles. The molecule has 1 aromatic rings. The molecule has 4 unspecified atom stereocenters. The number of benzene rings is 1. The van der Waals surface area contributed by atoms with E-state index in [9.17, 15) is 9.59 Å². The van der Waals surface area contributed by atoms with Crippen LogP contribution in [0.15, 0.2) is 36.4 Å². The number of hydrogen-bond acceptors (Lipinski definition) is 3. The van der Waals surface area contributed by atoms with E-state index in [4.69, 9.17) is 4.74 Å². The molecule has 6 rings (SSSR count). The van der Waals surface area contributed by atoms with Crippen molar-refractivity contribution >= 4 is 11.6 Å². The van der Waals surface area contributed by atoms with Gasteiger partial charge in [0.25, 0.3) is 0 Å². The molecule has 5 aliphatic rings. The largest absolute Gasteiger partial charge is 0.344 e. The lowest BCUT2D eigenvalue weighted by molar-refractivity contribution is 0.0735. The van der Waals surface area contributed by atoms with E-state index < -0.39 is 11.2 Å². The molecule has 4 atom stereocenters. The molecule has 19 heavy (non-hydrogen) atoms. The van der Waals surface area contributed by atoms with Gasteiger partial charge in [0, 0.05) is 23.0 Å². The zero-order valence-electron chi connectivity index (χ0n) is 10.3. The van der Waals surface area contributed by atoms with Crippen LogP contribution in [0.5, 0.6) is 0 Å². The zero-order valence-corrected chi connectivity index (χ0v) is 10.3. The molecule has 94 valence electrons. The Kier molecular flexibility index (Phi) is 1.45. The summed E-state index contributed by atoms with van der Waals surface area (Å²) in [6.45, 7) is 0. The van der Waals surface area contributed by atoms with E-state index in [0.717, 1.165) is 12.8 Å². The third kappa shape index (κ3) is 0.801. The highest BCUT2D eigenvalue weighted by atomic mass is 16.6. The molecule has 3 heteroatoms. The van der Waals surface area contributed by atoms with Gasteiger partial charge in [-0.3, -0.25) is 9.59 Å². The van der Waals surface area contributed by atoms with Crippen molar-refractivity contribution < 1.29 is 14.3 Å². The average Bonchev–Trinajstić information content (AvgIpc) is 3.22. The fourth-order valence-corrected chi connectivity index (χ4v) is 4.47. The van der Waals surface area contributed by atoms with Gasteiger partial charge in [0.1, 0.15) is 0 Å². The maximum Gasteiger partial charge on any atom is 0.199 e. The molecular formula is C16H12O3. The molecule has 0 aromatic heterocycles. The molecule has 3 nitrogen and oxygen atoms in total. The molecule has 1 aliphatic heterocycles. The van der Waals surface area contributed by atoms with Crippen LogP contribution in [0.1, 0.15) is 33.6 Å². The van der Waals surface area contributed by atoms with E-state index >= 15 is 0 Å². The summed E-state index contributed by atoms with van der Waals surface area (Å²) in [5.74, 6) is 0.174. The number of epoxide rings is 1. The van der Waals surface area contributed by atoms with Crippen molar-refractivity contribution in [2.75, 3.05) is 0 Å². The van der Waals surface area contributed by atoms with Crippen LogP contribution in [0.25, 0.3) is 0 Å². The van der Waals surface area contributed by atoms with Gasteiger partial charge in [-0.2, -0.15) is 0 Å². The minimum atomic E-state index is -0.865. The van der Waals surface area contributed by atoms with Crippen LogP contribution in [0.3, 0.4) is 0 Å². The Morgan fingerprint density at radius 1 is 0.895 bits per heavy atom. The maximum absolute atomic E-state index is 12.8. The number of ether oxygens (including phenoxy) is 1. The molecule has 1 saturated heterocycles. The summed E-state index contributed by atoms with van der Waals surface area (Å²) in [7, 11) is 0. The van der Waals surface area contributed by atoms with Crippen molar-refractivity contribution in [3.8, 4) is 0 Å². The highest BCUT2D eigenvalue weighted by molar-refractivity contribution is 6.26. The number of hydrogen-bond donors (Lipinski definition) is 0. The molecule has 1 aromatic carbocycles. The molecule has 2 fully saturated rings. The summed E-state index contributed by atoms with van der Waals surface area (Å²) >= 11 is 0. The van der Waals surface area contributed by atoms with Crippen molar-refractivity contribution in [1.82, 2.24) is 0 Å². The zero-order chi connectivity index (χ0) is 12.8. The van der Waals surface area contributed by atoms with Crippen LogP contribution in [0, 0.1) is 11.8 Å². The minimum absolute atomic E-state index is 0.0155. The summed E-state index contributed by atoms with van der Waals surface area (Å²) in [6.07, 6.45) is 6.06. The molecular weight excluding hydrogens is 240 g/mol.